The third-order valence-electron chi connectivity index (χ3n) is 1.82. The number of carboxylic acid groups (broad SMARTS) is 1. The first-order valence-electron chi connectivity index (χ1n) is 4.03. The maximum atomic E-state index is 10.6. The van der Waals surface area contributed by atoms with Crippen LogP contribution in [-0.4, -0.2) is 22.1 Å². The van der Waals surface area contributed by atoms with Crippen molar-refractivity contribution in [2.45, 2.75) is 6.04 Å². The molecular weight excluding hydrogens is 182 g/mol. The van der Waals surface area contributed by atoms with E-state index in [0.29, 0.717) is 5.70 Å². The molecule has 1 aromatic heterocycles. The molecule has 0 aromatic carbocycles. The molecule has 0 saturated carbocycles. The zero-order chi connectivity index (χ0) is 9.97. The summed E-state index contributed by atoms with van der Waals surface area (Å²) in [6, 6.07) is 2.72. The Hall–Kier alpha value is -2.04. The van der Waals surface area contributed by atoms with Crippen LogP contribution in [0.4, 0.5) is 0 Å². The maximum absolute atomic E-state index is 10.6. The zero-order valence-electron chi connectivity index (χ0n) is 7.16. The summed E-state index contributed by atoms with van der Waals surface area (Å²) in [4.78, 5) is 14.5. The van der Waals surface area contributed by atoms with Gasteiger partial charge in [0.15, 0.2) is 6.04 Å². The minimum absolute atomic E-state index is 0.561. The van der Waals surface area contributed by atoms with Gasteiger partial charge in [-0.2, -0.15) is 10.2 Å². The average molecular weight is 189 g/mol. The van der Waals surface area contributed by atoms with Gasteiger partial charge in [-0.05, 0) is 18.2 Å². The molecule has 0 radical (unpaired) electrons. The predicted molar refractivity (Wildman–Crippen MR) is 48.5 cm³/mol. The summed E-state index contributed by atoms with van der Waals surface area (Å²) in [5, 5.41) is 16.0. The second kappa shape index (κ2) is 3.37. The zero-order valence-corrected chi connectivity index (χ0v) is 7.16. The normalized spacial score (nSPS) is 19.4. The van der Waals surface area contributed by atoms with E-state index in [1.807, 2.05) is 6.07 Å². The van der Waals surface area contributed by atoms with E-state index < -0.39 is 12.0 Å². The number of aliphatic carboxylic acids is 1. The number of azo groups is 1. The van der Waals surface area contributed by atoms with E-state index in [4.69, 9.17) is 5.11 Å². The van der Waals surface area contributed by atoms with Gasteiger partial charge in [-0.1, -0.05) is 0 Å². The highest BCUT2D eigenvalue weighted by Gasteiger charge is 2.20. The molecule has 0 spiro atoms. The number of pyridine rings is 1. The lowest BCUT2D eigenvalue weighted by Crippen LogP contribution is -2.12. The van der Waals surface area contributed by atoms with Gasteiger partial charge in [0.2, 0.25) is 0 Å². The van der Waals surface area contributed by atoms with Gasteiger partial charge in [-0.15, -0.1) is 0 Å². The lowest BCUT2D eigenvalue weighted by molar-refractivity contribution is -0.137. The molecule has 0 fully saturated rings. The minimum Gasteiger partial charge on any atom is -0.479 e. The lowest BCUT2D eigenvalue weighted by atomic mass is 10.2. The quantitative estimate of drug-likeness (QED) is 0.762. The van der Waals surface area contributed by atoms with Gasteiger partial charge in [0.25, 0.3) is 0 Å². The Bertz CT molecular complexity index is 411. The minimum atomic E-state index is -0.993. The second-order valence-corrected chi connectivity index (χ2v) is 2.79. The highest BCUT2D eigenvalue weighted by atomic mass is 16.4. The summed E-state index contributed by atoms with van der Waals surface area (Å²) in [5.74, 6) is -0.993. The van der Waals surface area contributed by atoms with Crippen LogP contribution >= 0.6 is 0 Å². The molecule has 0 bridgehead atoms. The fourth-order valence-electron chi connectivity index (χ4n) is 1.13. The Morgan fingerprint density at radius 2 is 2.36 bits per heavy atom. The van der Waals surface area contributed by atoms with Crippen molar-refractivity contribution in [1.29, 1.82) is 0 Å². The summed E-state index contributed by atoms with van der Waals surface area (Å²) >= 11 is 0. The second-order valence-electron chi connectivity index (χ2n) is 2.79. The summed E-state index contributed by atoms with van der Waals surface area (Å²) in [6.45, 7) is 0. The molecular formula is C9H7N3O2. The Morgan fingerprint density at radius 1 is 1.50 bits per heavy atom. The fourth-order valence-corrected chi connectivity index (χ4v) is 1.13. The van der Waals surface area contributed by atoms with Crippen molar-refractivity contribution in [3.8, 4) is 0 Å². The molecule has 5 nitrogen and oxygen atoms in total. The SMILES string of the molecule is O=C(O)[C@H]1C=C(c2cccnc2)N=N1. The van der Waals surface area contributed by atoms with E-state index >= 15 is 0 Å². The molecule has 0 aliphatic carbocycles. The van der Waals surface area contributed by atoms with Crippen LogP contribution in [0.1, 0.15) is 5.56 Å². The molecule has 14 heavy (non-hydrogen) atoms. The topological polar surface area (TPSA) is 74.9 Å². The van der Waals surface area contributed by atoms with Crippen LogP contribution in [0.3, 0.4) is 0 Å². The molecule has 70 valence electrons. The van der Waals surface area contributed by atoms with Crippen LogP contribution in [0.15, 0.2) is 40.8 Å². The predicted octanol–water partition coefficient (Wildman–Crippen LogP) is 1.34. The van der Waals surface area contributed by atoms with Crippen LogP contribution < -0.4 is 0 Å². The molecule has 1 aliphatic rings. The molecule has 0 unspecified atom stereocenters. The molecule has 1 N–H and O–H groups in total. The molecule has 1 aliphatic heterocycles. The van der Waals surface area contributed by atoms with Gasteiger partial charge in [0.1, 0.15) is 0 Å². The molecule has 2 rings (SSSR count). The first kappa shape index (κ1) is 8.55. The molecule has 0 amide bonds. The molecule has 1 aromatic rings. The van der Waals surface area contributed by atoms with Crippen molar-refractivity contribution in [3.05, 3.63) is 36.2 Å². The Kier molecular flexibility index (Phi) is 2.06. The van der Waals surface area contributed by atoms with Crippen LogP contribution in [0.25, 0.3) is 5.70 Å². The van der Waals surface area contributed by atoms with Crippen molar-refractivity contribution in [3.63, 3.8) is 0 Å². The van der Waals surface area contributed by atoms with Gasteiger partial charge < -0.3 is 5.11 Å². The Balaban J connectivity index is 2.28. The van der Waals surface area contributed by atoms with Gasteiger partial charge in [-0.25, -0.2) is 4.79 Å². The first-order chi connectivity index (χ1) is 6.77. The van der Waals surface area contributed by atoms with Gasteiger partial charge in [0, 0.05) is 18.0 Å². The smallest absolute Gasteiger partial charge is 0.334 e. The largest absolute Gasteiger partial charge is 0.479 e. The third-order valence-corrected chi connectivity index (χ3v) is 1.82. The van der Waals surface area contributed by atoms with E-state index in [2.05, 4.69) is 15.2 Å². The van der Waals surface area contributed by atoms with Crippen molar-refractivity contribution in [2.75, 3.05) is 0 Å². The highest BCUT2D eigenvalue weighted by Crippen LogP contribution is 2.22. The summed E-state index contributed by atoms with van der Waals surface area (Å²) in [7, 11) is 0. The lowest BCUT2D eigenvalue weighted by Gasteiger charge is -1.94. The number of nitrogens with zero attached hydrogens (tertiary/aromatic N) is 3. The van der Waals surface area contributed by atoms with Crippen molar-refractivity contribution in [1.82, 2.24) is 4.98 Å². The molecule has 2 heterocycles. The van der Waals surface area contributed by atoms with Crippen LogP contribution in [-0.2, 0) is 4.79 Å². The maximum Gasteiger partial charge on any atom is 0.334 e. The Labute approximate surface area is 79.8 Å². The number of carboxylic acids is 1. The van der Waals surface area contributed by atoms with E-state index in [0.717, 1.165) is 5.56 Å². The number of hydrogen-bond donors (Lipinski definition) is 1. The van der Waals surface area contributed by atoms with Gasteiger partial charge in [-0.3, -0.25) is 4.98 Å². The van der Waals surface area contributed by atoms with E-state index in [-0.39, 0.29) is 0 Å². The number of aromatic nitrogens is 1. The Morgan fingerprint density at radius 3 is 2.93 bits per heavy atom. The number of hydrogen-bond acceptors (Lipinski definition) is 4. The highest BCUT2D eigenvalue weighted by molar-refractivity contribution is 5.81. The van der Waals surface area contributed by atoms with E-state index in [1.54, 1.807) is 18.5 Å². The third kappa shape index (κ3) is 1.52. The number of rotatable bonds is 2. The van der Waals surface area contributed by atoms with Crippen molar-refractivity contribution < 1.29 is 9.90 Å². The van der Waals surface area contributed by atoms with Crippen molar-refractivity contribution >= 4 is 11.7 Å². The van der Waals surface area contributed by atoms with Crippen LogP contribution in [0.5, 0.6) is 0 Å². The number of carbonyl (C=O) groups is 1. The van der Waals surface area contributed by atoms with Gasteiger partial charge >= 0.3 is 5.97 Å². The standard InChI is InChI=1S/C9H7N3O2/c13-9(14)8-4-7(11-12-8)6-2-1-3-10-5-6/h1-5,8H,(H,13,14)/t8-/m1/s1. The molecule has 5 heteroatoms. The van der Waals surface area contributed by atoms with E-state index in [9.17, 15) is 4.79 Å². The van der Waals surface area contributed by atoms with E-state index in [1.165, 1.54) is 6.08 Å². The fraction of sp³-hybridized carbons (Fsp3) is 0.111. The summed E-state index contributed by atoms with van der Waals surface area (Å²) in [6.07, 6.45) is 4.76. The molecule has 1 atom stereocenters. The van der Waals surface area contributed by atoms with Crippen molar-refractivity contribution in [2.24, 2.45) is 10.2 Å². The first-order valence-corrected chi connectivity index (χ1v) is 4.03. The summed E-state index contributed by atoms with van der Waals surface area (Å²) in [5.41, 5.74) is 1.34. The molecule has 0 saturated heterocycles. The average Bonchev–Trinajstić information content (AvgIpc) is 2.68. The monoisotopic (exact) mass is 189 g/mol. The van der Waals surface area contributed by atoms with Crippen LogP contribution in [0, 0.1) is 0 Å². The van der Waals surface area contributed by atoms with Crippen LogP contribution in [0.2, 0.25) is 0 Å². The summed E-state index contributed by atoms with van der Waals surface area (Å²) < 4.78 is 0. The van der Waals surface area contributed by atoms with Gasteiger partial charge in [0.05, 0.1) is 5.70 Å².